The second kappa shape index (κ2) is 16.8. The van der Waals surface area contributed by atoms with Gasteiger partial charge < -0.3 is 4.74 Å². The second-order valence-electron chi connectivity index (χ2n) is 13.9. The van der Waals surface area contributed by atoms with Crippen LogP contribution >= 0.6 is 0 Å². The summed E-state index contributed by atoms with van der Waals surface area (Å²) in [4.78, 5) is 12.9. The Labute approximate surface area is 241 Å². The first-order chi connectivity index (χ1) is 19.1. The quantitative estimate of drug-likeness (QED) is 0.134. The molecule has 3 saturated carbocycles. The molecule has 0 heterocycles. The van der Waals surface area contributed by atoms with Crippen molar-refractivity contribution in [3.8, 4) is 5.75 Å². The van der Waals surface area contributed by atoms with Gasteiger partial charge in [-0.1, -0.05) is 116 Å². The number of benzene rings is 1. The first-order valence-electron chi connectivity index (χ1n) is 17.4. The van der Waals surface area contributed by atoms with Gasteiger partial charge in [-0.2, -0.15) is 0 Å². The molecule has 0 aromatic heterocycles. The predicted octanol–water partition coefficient (Wildman–Crippen LogP) is 11.1. The van der Waals surface area contributed by atoms with E-state index in [2.05, 4.69) is 26.0 Å². The van der Waals surface area contributed by atoms with E-state index < -0.39 is 0 Å². The second-order valence-corrected chi connectivity index (χ2v) is 13.9. The van der Waals surface area contributed by atoms with Crippen LogP contribution in [0, 0.1) is 35.5 Å². The van der Waals surface area contributed by atoms with Crippen LogP contribution in [-0.4, -0.2) is 5.97 Å². The molecule has 2 nitrogen and oxygen atoms in total. The molecule has 1 aromatic rings. The fourth-order valence-electron chi connectivity index (χ4n) is 8.24. The summed E-state index contributed by atoms with van der Waals surface area (Å²) in [5, 5.41) is 0. The summed E-state index contributed by atoms with van der Waals surface area (Å²) >= 11 is 0. The molecule has 1 aromatic carbocycles. The van der Waals surface area contributed by atoms with Gasteiger partial charge in [0.25, 0.3) is 0 Å². The molecule has 0 aliphatic heterocycles. The Hall–Kier alpha value is -1.31. The molecule has 3 aliphatic carbocycles. The summed E-state index contributed by atoms with van der Waals surface area (Å²) in [6.45, 7) is 4.61. The molecule has 0 bridgehead atoms. The van der Waals surface area contributed by atoms with Crippen LogP contribution in [0.5, 0.6) is 5.75 Å². The van der Waals surface area contributed by atoms with Crippen molar-refractivity contribution in [2.24, 2.45) is 35.5 Å². The lowest BCUT2D eigenvalue weighted by Crippen LogP contribution is -2.30. The summed E-state index contributed by atoms with van der Waals surface area (Å²) in [5.74, 6) is 5.50. The average Bonchev–Trinajstić information content (AvgIpc) is 2.98. The van der Waals surface area contributed by atoms with Gasteiger partial charge in [-0.15, -0.1) is 0 Å². The van der Waals surface area contributed by atoms with E-state index in [0.717, 1.165) is 54.6 Å². The van der Waals surface area contributed by atoms with Gasteiger partial charge in [0.15, 0.2) is 0 Å². The van der Waals surface area contributed by atoms with E-state index in [0.29, 0.717) is 0 Å². The van der Waals surface area contributed by atoms with E-state index in [1.807, 2.05) is 12.1 Å². The lowest BCUT2D eigenvalue weighted by atomic mass is 9.68. The van der Waals surface area contributed by atoms with Crippen LogP contribution in [-0.2, 0) is 11.2 Å². The van der Waals surface area contributed by atoms with E-state index in [-0.39, 0.29) is 11.9 Å². The molecule has 0 atom stereocenters. The normalized spacial score (nSPS) is 29.7. The van der Waals surface area contributed by atoms with Gasteiger partial charge in [0.1, 0.15) is 5.75 Å². The van der Waals surface area contributed by atoms with Gasteiger partial charge in [0.05, 0.1) is 5.92 Å². The monoisotopic (exact) mass is 536 g/mol. The van der Waals surface area contributed by atoms with E-state index in [9.17, 15) is 4.79 Å². The Morgan fingerprint density at radius 3 is 1.59 bits per heavy atom. The van der Waals surface area contributed by atoms with Crippen molar-refractivity contribution in [3.63, 3.8) is 0 Å². The topological polar surface area (TPSA) is 26.3 Å². The number of hydrogen-bond donors (Lipinski definition) is 0. The lowest BCUT2D eigenvalue weighted by Gasteiger charge is -2.37. The fourth-order valence-corrected chi connectivity index (χ4v) is 8.24. The Morgan fingerprint density at radius 2 is 1.08 bits per heavy atom. The van der Waals surface area contributed by atoms with E-state index in [1.165, 1.54) is 128 Å². The minimum Gasteiger partial charge on any atom is -0.426 e. The molecular formula is C37H60O2. The fraction of sp³-hybridized carbons (Fsp3) is 0.811. The highest BCUT2D eigenvalue weighted by Crippen LogP contribution is 2.42. The maximum absolute atomic E-state index is 12.9. The largest absolute Gasteiger partial charge is 0.426 e. The van der Waals surface area contributed by atoms with Gasteiger partial charge in [0, 0.05) is 0 Å². The highest BCUT2D eigenvalue weighted by atomic mass is 16.5. The number of hydrogen-bond acceptors (Lipinski definition) is 2. The molecule has 0 radical (unpaired) electrons. The van der Waals surface area contributed by atoms with E-state index in [1.54, 1.807) is 0 Å². The number of aryl methyl sites for hydroxylation is 1. The number of unbranched alkanes of at least 4 members (excludes halogenated alkanes) is 4. The smallest absolute Gasteiger partial charge is 0.314 e. The van der Waals surface area contributed by atoms with Crippen LogP contribution in [0.2, 0.25) is 0 Å². The van der Waals surface area contributed by atoms with Gasteiger partial charge >= 0.3 is 5.97 Å². The number of carbonyl (C=O) groups is 1. The molecule has 2 heteroatoms. The zero-order chi connectivity index (χ0) is 27.3. The summed E-state index contributed by atoms with van der Waals surface area (Å²) in [6, 6.07) is 8.44. The van der Waals surface area contributed by atoms with Crippen molar-refractivity contribution in [1.29, 1.82) is 0 Å². The number of rotatable bonds is 14. The van der Waals surface area contributed by atoms with Crippen molar-refractivity contribution in [3.05, 3.63) is 29.8 Å². The predicted molar refractivity (Wildman–Crippen MR) is 165 cm³/mol. The first-order valence-corrected chi connectivity index (χ1v) is 17.4. The van der Waals surface area contributed by atoms with Crippen molar-refractivity contribution >= 4 is 5.97 Å². The van der Waals surface area contributed by atoms with Gasteiger partial charge in [-0.05, 0) is 98.7 Å². The molecule has 3 fully saturated rings. The molecule has 220 valence electrons. The lowest BCUT2D eigenvalue weighted by molar-refractivity contribution is -0.140. The average molecular weight is 537 g/mol. The summed E-state index contributed by atoms with van der Waals surface area (Å²) in [7, 11) is 0. The van der Waals surface area contributed by atoms with Crippen molar-refractivity contribution in [1.82, 2.24) is 0 Å². The maximum atomic E-state index is 12.9. The molecule has 0 N–H and O–H groups in total. The Morgan fingerprint density at radius 1 is 0.615 bits per heavy atom. The molecule has 0 unspecified atom stereocenters. The molecule has 0 spiro atoms. The zero-order valence-corrected chi connectivity index (χ0v) is 25.6. The summed E-state index contributed by atoms with van der Waals surface area (Å²) in [5.41, 5.74) is 1.39. The van der Waals surface area contributed by atoms with Crippen molar-refractivity contribution in [2.75, 3.05) is 0 Å². The summed E-state index contributed by atoms with van der Waals surface area (Å²) in [6.07, 6.45) is 29.8. The van der Waals surface area contributed by atoms with Crippen LogP contribution in [0.25, 0.3) is 0 Å². The highest BCUT2D eigenvalue weighted by molar-refractivity contribution is 5.75. The SMILES string of the molecule is CCCCCC1CCC(CCc2ccc(OC(=O)C3CCC(C4CCC(CCCCC)CC4)CC3)cc2)CC1. The Kier molecular flexibility index (Phi) is 13.2. The Bertz CT molecular complexity index is 789. The minimum atomic E-state index is 0.0107. The third-order valence-electron chi connectivity index (χ3n) is 11.0. The van der Waals surface area contributed by atoms with Crippen LogP contribution in [0.3, 0.4) is 0 Å². The Balaban J connectivity index is 1.10. The van der Waals surface area contributed by atoms with Gasteiger partial charge in [0.2, 0.25) is 0 Å². The summed E-state index contributed by atoms with van der Waals surface area (Å²) < 4.78 is 5.86. The standard InChI is InChI=1S/C37H60O2/c1-3-5-7-9-29-11-13-31(14-12-29)15-16-32-19-27-36(28-20-32)39-37(38)35-25-23-34(24-26-35)33-21-17-30(18-22-33)10-8-6-4-2/h19-20,27-31,33-35H,3-18,21-26H2,1-2H3. The number of carbonyl (C=O) groups excluding carboxylic acids is 1. The van der Waals surface area contributed by atoms with Gasteiger partial charge in [-0.25, -0.2) is 0 Å². The number of esters is 1. The molecular weight excluding hydrogens is 476 g/mol. The maximum Gasteiger partial charge on any atom is 0.314 e. The highest BCUT2D eigenvalue weighted by Gasteiger charge is 2.33. The zero-order valence-electron chi connectivity index (χ0n) is 25.6. The molecule has 0 saturated heterocycles. The van der Waals surface area contributed by atoms with E-state index in [4.69, 9.17) is 4.74 Å². The third-order valence-corrected chi connectivity index (χ3v) is 11.0. The number of ether oxygens (including phenoxy) is 1. The molecule has 39 heavy (non-hydrogen) atoms. The van der Waals surface area contributed by atoms with Crippen molar-refractivity contribution < 1.29 is 9.53 Å². The molecule has 3 aliphatic rings. The molecule has 0 amide bonds. The van der Waals surface area contributed by atoms with Gasteiger partial charge in [-0.3, -0.25) is 4.79 Å². The minimum absolute atomic E-state index is 0.0107. The van der Waals surface area contributed by atoms with Crippen LogP contribution < -0.4 is 4.74 Å². The first kappa shape index (κ1) is 30.6. The van der Waals surface area contributed by atoms with Crippen molar-refractivity contribution in [2.45, 2.75) is 155 Å². The van der Waals surface area contributed by atoms with Crippen LogP contribution in [0.1, 0.15) is 154 Å². The van der Waals surface area contributed by atoms with Crippen LogP contribution in [0.15, 0.2) is 24.3 Å². The molecule has 4 rings (SSSR count). The van der Waals surface area contributed by atoms with E-state index >= 15 is 0 Å². The van der Waals surface area contributed by atoms with Crippen LogP contribution in [0.4, 0.5) is 0 Å². The third kappa shape index (κ3) is 10.2.